The third kappa shape index (κ3) is 5.18. The topological polar surface area (TPSA) is 125 Å². The zero-order valence-electron chi connectivity index (χ0n) is 12.3. The molecule has 0 aliphatic heterocycles. The van der Waals surface area contributed by atoms with Gasteiger partial charge in [0.05, 0.1) is 9.82 Å². The van der Waals surface area contributed by atoms with Crippen molar-refractivity contribution in [3.8, 4) is 5.75 Å². The molecule has 0 bridgehead atoms. The minimum Gasteiger partial charge on any atom is -0.492 e. The number of hydrogen-bond acceptors (Lipinski definition) is 6. The number of primary sulfonamides is 1. The first-order valence-corrected chi connectivity index (χ1v) is 9.04. The van der Waals surface area contributed by atoms with E-state index in [0.717, 1.165) is 10.5 Å². The van der Waals surface area contributed by atoms with Crippen molar-refractivity contribution in [2.75, 3.05) is 18.5 Å². The number of nitro groups is 1. The van der Waals surface area contributed by atoms with E-state index < -0.39 is 14.9 Å². The van der Waals surface area contributed by atoms with Crippen LogP contribution in [0.5, 0.6) is 5.75 Å². The number of nitrogens with one attached hydrogen (secondary N) is 1. The molecular formula is C14H14BrN3O5S. The van der Waals surface area contributed by atoms with Gasteiger partial charge >= 0.3 is 0 Å². The summed E-state index contributed by atoms with van der Waals surface area (Å²) in [6.07, 6.45) is 0. The number of non-ortho nitro benzene ring substituents is 1. The Kier molecular flexibility index (Phi) is 5.75. The van der Waals surface area contributed by atoms with Crippen LogP contribution in [0.2, 0.25) is 0 Å². The van der Waals surface area contributed by atoms with Gasteiger partial charge in [-0.3, -0.25) is 10.1 Å². The number of nitrogens with zero attached hydrogens (tertiary/aromatic N) is 1. The molecule has 0 amide bonds. The zero-order valence-corrected chi connectivity index (χ0v) is 14.7. The van der Waals surface area contributed by atoms with Gasteiger partial charge in [0.1, 0.15) is 12.4 Å². The number of rotatable bonds is 7. The average molecular weight is 416 g/mol. The molecule has 0 aliphatic rings. The molecule has 8 nitrogen and oxygen atoms in total. The second-order valence-corrected chi connectivity index (χ2v) is 7.23. The SMILES string of the molecule is NS(=O)(=O)c1cc(NCCOc2cccc(Br)c2)cc([N+](=O)[O-])c1. The molecule has 0 aromatic heterocycles. The van der Waals surface area contributed by atoms with E-state index in [0.29, 0.717) is 12.3 Å². The van der Waals surface area contributed by atoms with Gasteiger partial charge in [0.25, 0.3) is 5.69 Å². The Labute approximate surface area is 147 Å². The van der Waals surface area contributed by atoms with E-state index >= 15 is 0 Å². The van der Waals surface area contributed by atoms with E-state index in [-0.39, 0.29) is 22.9 Å². The van der Waals surface area contributed by atoms with Crippen molar-refractivity contribution in [3.05, 3.63) is 57.1 Å². The van der Waals surface area contributed by atoms with E-state index in [1.807, 2.05) is 12.1 Å². The number of anilines is 1. The Morgan fingerprint density at radius 2 is 2.00 bits per heavy atom. The van der Waals surface area contributed by atoms with E-state index in [1.165, 1.54) is 12.1 Å². The molecule has 0 spiro atoms. The Morgan fingerprint density at radius 1 is 1.25 bits per heavy atom. The fraction of sp³-hybridized carbons (Fsp3) is 0.143. The first-order valence-electron chi connectivity index (χ1n) is 6.70. The Bertz CT molecular complexity index is 857. The molecule has 3 N–H and O–H groups in total. The summed E-state index contributed by atoms with van der Waals surface area (Å²) in [6, 6.07) is 10.7. The number of benzene rings is 2. The van der Waals surface area contributed by atoms with Gasteiger partial charge in [-0.25, -0.2) is 13.6 Å². The van der Waals surface area contributed by atoms with Crippen LogP contribution in [0.1, 0.15) is 0 Å². The molecule has 0 fully saturated rings. The summed E-state index contributed by atoms with van der Waals surface area (Å²) in [5.74, 6) is 0.662. The largest absolute Gasteiger partial charge is 0.492 e. The molecule has 0 unspecified atom stereocenters. The normalized spacial score (nSPS) is 11.1. The van der Waals surface area contributed by atoms with Gasteiger partial charge in [-0.1, -0.05) is 22.0 Å². The van der Waals surface area contributed by atoms with Crippen LogP contribution in [0.15, 0.2) is 51.8 Å². The summed E-state index contributed by atoms with van der Waals surface area (Å²) < 4.78 is 29.2. The standard InChI is InChI=1S/C14H14BrN3O5S/c15-10-2-1-3-13(6-10)23-5-4-17-11-7-12(18(19)20)9-14(8-11)24(16,21)22/h1-3,6-9,17H,4-5H2,(H2,16,21,22). The molecule has 2 aromatic rings. The Morgan fingerprint density at radius 3 is 2.62 bits per heavy atom. The summed E-state index contributed by atoms with van der Waals surface area (Å²) in [6.45, 7) is 0.599. The minimum absolute atomic E-state index is 0.270. The lowest BCUT2D eigenvalue weighted by molar-refractivity contribution is -0.385. The number of sulfonamides is 1. The number of halogens is 1. The molecule has 0 aliphatic carbocycles. The van der Waals surface area contributed by atoms with Crippen molar-refractivity contribution < 1.29 is 18.1 Å². The molecule has 0 saturated heterocycles. The molecule has 0 radical (unpaired) electrons. The van der Waals surface area contributed by atoms with Crippen molar-refractivity contribution in [3.63, 3.8) is 0 Å². The summed E-state index contributed by atoms with van der Waals surface area (Å²) in [5, 5.41) is 18.8. The second-order valence-electron chi connectivity index (χ2n) is 4.75. The minimum atomic E-state index is -4.04. The fourth-order valence-electron chi connectivity index (χ4n) is 1.88. The smallest absolute Gasteiger partial charge is 0.272 e. The quantitative estimate of drug-likeness (QED) is 0.406. The molecule has 0 heterocycles. The van der Waals surface area contributed by atoms with Gasteiger partial charge in [-0.2, -0.15) is 0 Å². The van der Waals surface area contributed by atoms with Crippen molar-refractivity contribution in [1.82, 2.24) is 0 Å². The lowest BCUT2D eigenvalue weighted by Crippen LogP contribution is -2.15. The van der Waals surface area contributed by atoms with Gasteiger partial charge in [-0.05, 0) is 24.3 Å². The maximum atomic E-state index is 11.4. The molecule has 10 heteroatoms. The molecule has 128 valence electrons. The third-order valence-electron chi connectivity index (χ3n) is 2.93. The number of ether oxygens (including phenoxy) is 1. The maximum Gasteiger partial charge on any atom is 0.272 e. The molecule has 0 saturated carbocycles. The number of nitro benzene ring substituents is 1. The predicted octanol–water partition coefficient (Wildman–Crippen LogP) is 2.50. The average Bonchev–Trinajstić information content (AvgIpc) is 2.50. The predicted molar refractivity (Wildman–Crippen MR) is 92.6 cm³/mol. The number of nitrogens with two attached hydrogens (primary N) is 1. The summed E-state index contributed by atoms with van der Waals surface area (Å²) in [7, 11) is -4.04. The highest BCUT2D eigenvalue weighted by Gasteiger charge is 2.16. The highest BCUT2D eigenvalue weighted by Crippen LogP contribution is 2.23. The molecule has 2 aromatic carbocycles. The summed E-state index contributed by atoms with van der Waals surface area (Å²) in [5.41, 5.74) is -0.0944. The van der Waals surface area contributed by atoms with Crippen LogP contribution >= 0.6 is 15.9 Å². The molecule has 2 rings (SSSR count). The van der Waals surface area contributed by atoms with Crippen LogP contribution in [-0.2, 0) is 10.0 Å². The highest BCUT2D eigenvalue weighted by atomic mass is 79.9. The van der Waals surface area contributed by atoms with Gasteiger partial charge in [0.15, 0.2) is 0 Å². The lowest BCUT2D eigenvalue weighted by atomic mass is 10.3. The van der Waals surface area contributed by atoms with Crippen LogP contribution in [0, 0.1) is 10.1 Å². The Hall–Kier alpha value is -2.17. The third-order valence-corrected chi connectivity index (χ3v) is 4.31. The van der Waals surface area contributed by atoms with Crippen LogP contribution in [-0.4, -0.2) is 26.5 Å². The Balaban J connectivity index is 2.04. The monoisotopic (exact) mass is 415 g/mol. The van der Waals surface area contributed by atoms with Crippen LogP contribution < -0.4 is 15.2 Å². The van der Waals surface area contributed by atoms with Crippen LogP contribution in [0.25, 0.3) is 0 Å². The van der Waals surface area contributed by atoms with Gasteiger partial charge in [0, 0.05) is 28.8 Å². The van der Waals surface area contributed by atoms with Crippen molar-refractivity contribution >= 4 is 37.3 Å². The number of hydrogen-bond donors (Lipinski definition) is 2. The van der Waals surface area contributed by atoms with E-state index in [9.17, 15) is 18.5 Å². The van der Waals surface area contributed by atoms with E-state index in [1.54, 1.807) is 12.1 Å². The van der Waals surface area contributed by atoms with Crippen molar-refractivity contribution in [2.45, 2.75) is 4.90 Å². The zero-order chi connectivity index (χ0) is 17.7. The molecule has 0 atom stereocenters. The van der Waals surface area contributed by atoms with Crippen molar-refractivity contribution in [2.24, 2.45) is 5.14 Å². The first-order chi connectivity index (χ1) is 11.3. The van der Waals surface area contributed by atoms with Crippen LogP contribution in [0.4, 0.5) is 11.4 Å². The van der Waals surface area contributed by atoms with E-state index in [4.69, 9.17) is 9.88 Å². The molecule has 24 heavy (non-hydrogen) atoms. The second kappa shape index (κ2) is 7.60. The highest BCUT2D eigenvalue weighted by molar-refractivity contribution is 9.10. The van der Waals surface area contributed by atoms with Gasteiger partial charge < -0.3 is 10.1 Å². The maximum absolute atomic E-state index is 11.4. The van der Waals surface area contributed by atoms with E-state index in [2.05, 4.69) is 21.2 Å². The summed E-state index contributed by atoms with van der Waals surface area (Å²) in [4.78, 5) is 9.88. The van der Waals surface area contributed by atoms with Gasteiger partial charge in [0.2, 0.25) is 10.0 Å². The summed E-state index contributed by atoms with van der Waals surface area (Å²) >= 11 is 3.33. The fourth-order valence-corrected chi connectivity index (χ4v) is 2.83. The first kappa shape index (κ1) is 18.2. The van der Waals surface area contributed by atoms with Crippen LogP contribution in [0.3, 0.4) is 0 Å². The van der Waals surface area contributed by atoms with Gasteiger partial charge in [-0.15, -0.1) is 0 Å². The lowest BCUT2D eigenvalue weighted by Gasteiger charge is -2.10. The molecular weight excluding hydrogens is 402 g/mol. The van der Waals surface area contributed by atoms with Crippen molar-refractivity contribution in [1.29, 1.82) is 0 Å².